The van der Waals surface area contributed by atoms with Crippen LogP contribution in [0.3, 0.4) is 0 Å². The lowest BCUT2D eigenvalue weighted by Gasteiger charge is -2.12. The standard InChI is InChI=1S/C17H14ClN3O2/c18-14-4-2-1-3-13(14)15-7-12(9-17(23)21-15)11-5-6-19-16(8-11)20-10-22/h3-10H,1-2H2,(H,21,23)(H,19,20,22). The summed E-state index contributed by atoms with van der Waals surface area (Å²) in [5, 5.41) is 3.14. The number of hydrogen-bond acceptors (Lipinski definition) is 3. The second-order valence-corrected chi connectivity index (χ2v) is 5.49. The van der Waals surface area contributed by atoms with Gasteiger partial charge in [-0.25, -0.2) is 4.98 Å². The summed E-state index contributed by atoms with van der Waals surface area (Å²) in [5.74, 6) is 0.425. The average Bonchev–Trinajstić information content (AvgIpc) is 2.55. The first-order valence-electron chi connectivity index (χ1n) is 7.15. The predicted molar refractivity (Wildman–Crippen MR) is 91.1 cm³/mol. The van der Waals surface area contributed by atoms with Crippen LogP contribution < -0.4 is 10.9 Å². The van der Waals surface area contributed by atoms with Crippen molar-refractivity contribution < 1.29 is 4.79 Å². The molecule has 0 spiro atoms. The maximum Gasteiger partial charge on any atom is 0.249 e. The number of allylic oxidation sites excluding steroid dienone is 4. The molecule has 0 aliphatic heterocycles. The third-order valence-corrected chi connectivity index (χ3v) is 3.89. The van der Waals surface area contributed by atoms with Crippen molar-refractivity contribution in [2.75, 3.05) is 5.32 Å². The normalized spacial score (nSPS) is 14.0. The molecule has 23 heavy (non-hydrogen) atoms. The van der Waals surface area contributed by atoms with Crippen LogP contribution in [-0.4, -0.2) is 16.4 Å². The van der Waals surface area contributed by atoms with Gasteiger partial charge in [-0.2, -0.15) is 0 Å². The molecule has 0 atom stereocenters. The minimum atomic E-state index is -0.213. The fourth-order valence-electron chi connectivity index (χ4n) is 2.49. The third-order valence-electron chi connectivity index (χ3n) is 3.53. The number of hydrogen-bond donors (Lipinski definition) is 2. The molecule has 1 aliphatic carbocycles. The molecule has 5 nitrogen and oxygen atoms in total. The monoisotopic (exact) mass is 327 g/mol. The molecule has 2 aromatic rings. The zero-order chi connectivity index (χ0) is 16.2. The maximum atomic E-state index is 12.0. The molecule has 2 heterocycles. The Morgan fingerprint density at radius 3 is 2.78 bits per heavy atom. The Balaban J connectivity index is 2.06. The molecule has 0 saturated heterocycles. The summed E-state index contributed by atoms with van der Waals surface area (Å²) in [6, 6.07) is 6.86. The number of H-pyrrole nitrogens is 1. The van der Waals surface area contributed by atoms with Crippen molar-refractivity contribution in [3.05, 3.63) is 63.7 Å². The van der Waals surface area contributed by atoms with E-state index >= 15 is 0 Å². The second kappa shape index (κ2) is 6.62. The van der Waals surface area contributed by atoms with Gasteiger partial charge in [-0.1, -0.05) is 23.8 Å². The molecule has 116 valence electrons. The Bertz CT molecular complexity index is 868. The first-order chi connectivity index (χ1) is 11.2. The van der Waals surface area contributed by atoms with Crippen LogP contribution in [0, 0.1) is 0 Å². The molecule has 6 heteroatoms. The van der Waals surface area contributed by atoms with Gasteiger partial charge in [0.05, 0.1) is 5.69 Å². The zero-order valence-electron chi connectivity index (χ0n) is 12.2. The number of nitrogens with zero attached hydrogens (tertiary/aromatic N) is 1. The van der Waals surface area contributed by atoms with Gasteiger partial charge >= 0.3 is 0 Å². The van der Waals surface area contributed by atoms with Crippen molar-refractivity contribution in [2.45, 2.75) is 12.8 Å². The van der Waals surface area contributed by atoms with Crippen LogP contribution in [0.2, 0.25) is 0 Å². The first kappa shape index (κ1) is 15.2. The van der Waals surface area contributed by atoms with Gasteiger partial charge in [0.2, 0.25) is 12.0 Å². The Labute approximate surface area is 137 Å². The molecule has 0 saturated carbocycles. The Hall–Kier alpha value is -2.66. The van der Waals surface area contributed by atoms with Crippen LogP contribution in [-0.2, 0) is 4.79 Å². The molecule has 0 radical (unpaired) electrons. The number of pyridine rings is 2. The minimum Gasteiger partial charge on any atom is -0.322 e. The summed E-state index contributed by atoms with van der Waals surface area (Å²) in [5.41, 5.74) is 2.81. The van der Waals surface area contributed by atoms with Crippen LogP contribution >= 0.6 is 11.6 Å². The van der Waals surface area contributed by atoms with Gasteiger partial charge in [-0.15, -0.1) is 0 Å². The highest BCUT2D eigenvalue weighted by Gasteiger charge is 2.12. The van der Waals surface area contributed by atoms with Gasteiger partial charge in [0, 0.05) is 22.9 Å². The number of rotatable bonds is 4. The van der Waals surface area contributed by atoms with Gasteiger partial charge in [0.1, 0.15) is 5.82 Å². The molecular formula is C17H14ClN3O2. The highest BCUT2D eigenvalue weighted by Crippen LogP contribution is 2.31. The molecule has 2 aromatic heterocycles. The van der Waals surface area contributed by atoms with Gasteiger partial charge < -0.3 is 10.3 Å². The van der Waals surface area contributed by atoms with E-state index in [0.717, 1.165) is 29.5 Å². The summed E-state index contributed by atoms with van der Waals surface area (Å²) >= 11 is 6.25. The molecule has 0 fully saturated rings. The second-order valence-electron chi connectivity index (χ2n) is 5.09. The van der Waals surface area contributed by atoms with Gasteiger partial charge in [0.25, 0.3) is 0 Å². The fourth-order valence-corrected chi connectivity index (χ4v) is 2.78. The number of aromatic amines is 1. The maximum absolute atomic E-state index is 12.0. The SMILES string of the molecule is O=CNc1cc(-c2cc(C3=CCCC=C3Cl)[nH]c(=O)c2)ccn1. The van der Waals surface area contributed by atoms with Crippen molar-refractivity contribution in [3.8, 4) is 11.1 Å². The number of anilines is 1. The Kier molecular flexibility index (Phi) is 4.39. The van der Waals surface area contributed by atoms with Crippen molar-refractivity contribution >= 4 is 29.4 Å². The number of amides is 1. The van der Waals surface area contributed by atoms with Crippen molar-refractivity contribution in [3.63, 3.8) is 0 Å². The minimum absolute atomic E-state index is 0.213. The fraction of sp³-hybridized carbons (Fsp3) is 0.118. The average molecular weight is 328 g/mol. The number of halogens is 1. The lowest BCUT2D eigenvalue weighted by atomic mass is 10.0. The summed E-state index contributed by atoms with van der Waals surface area (Å²) in [6.45, 7) is 0. The lowest BCUT2D eigenvalue weighted by Crippen LogP contribution is -2.08. The summed E-state index contributed by atoms with van der Waals surface area (Å²) in [6.07, 6.45) is 7.89. The van der Waals surface area contributed by atoms with Crippen LogP contribution in [0.1, 0.15) is 18.5 Å². The van der Waals surface area contributed by atoms with E-state index in [9.17, 15) is 9.59 Å². The molecule has 0 aromatic carbocycles. The van der Waals surface area contributed by atoms with Crippen molar-refractivity contribution in [1.82, 2.24) is 9.97 Å². The van der Waals surface area contributed by atoms with E-state index in [2.05, 4.69) is 15.3 Å². The highest BCUT2D eigenvalue weighted by atomic mass is 35.5. The van der Waals surface area contributed by atoms with Gasteiger partial charge in [-0.05, 0) is 42.2 Å². The van der Waals surface area contributed by atoms with E-state index in [1.54, 1.807) is 18.3 Å². The van der Waals surface area contributed by atoms with Gasteiger partial charge in [-0.3, -0.25) is 9.59 Å². The highest BCUT2D eigenvalue weighted by molar-refractivity contribution is 6.37. The van der Waals surface area contributed by atoms with E-state index < -0.39 is 0 Å². The Morgan fingerprint density at radius 2 is 2.00 bits per heavy atom. The number of aromatic nitrogens is 2. The first-order valence-corrected chi connectivity index (χ1v) is 7.53. The van der Waals surface area contributed by atoms with Crippen molar-refractivity contribution in [1.29, 1.82) is 0 Å². The summed E-state index contributed by atoms with van der Waals surface area (Å²) < 4.78 is 0. The van der Waals surface area contributed by atoms with Crippen LogP contribution in [0.15, 0.2) is 52.4 Å². The molecule has 0 unspecified atom stereocenters. The lowest BCUT2D eigenvalue weighted by molar-refractivity contribution is -0.105. The molecule has 1 amide bonds. The summed E-state index contributed by atoms with van der Waals surface area (Å²) in [7, 11) is 0. The largest absolute Gasteiger partial charge is 0.322 e. The number of nitrogens with one attached hydrogen (secondary N) is 2. The van der Waals surface area contributed by atoms with Crippen molar-refractivity contribution in [2.24, 2.45) is 0 Å². The van der Waals surface area contributed by atoms with E-state index in [4.69, 9.17) is 11.6 Å². The van der Waals surface area contributed by atoms with E-state index in [-0.39, 0.29) is 5.56 Å². The van der Waals surface area contributed by atoms with Crippen LogP contribution in [0.4, 0.5) is 5.82 Å². The van der Waals surface area contributed by atoms with E-state index in [1.165, 1.54) is 6.07 Å². The smallest absolute Gasteiger partial charge is 0.249 e. The molecule has 1 aliphatic rings. The van der Waals surface area contributed by atoms with E-state index in [0.29, 0.717) is 23.0 Å². The van der Waals surface area contributed by atoms with E-state index in [1.807, 2.05) is 18.2 Å². The Morgan fingerprint density at radius 1 is 1.17 bits per heavy atom. The molecule has 3 rings (SSSR count). The molecule has 0 bridgehead atoms. The van der Waals surface area contributed by atoms with Crippen LogP contribution in [0.5, 0.6) is 0 Å². The topological polar surface area (TPSA) is 74.8 Å². The number of carbonyl (C=O) groups is 1. The quantitative estimate of drug-likeness (QED) is 0.846. The summed E-state index contributed by atoms with van der Waals surface area (Å²) in [4.78, 5) is 29.4. The third kappa shape index (κ3) is 3.40. The zero-order valence-corrected chi connectivity index (χ0v) is 12.9. The predicted octanol–water partition coefficient (Wildman–Crippen LogP) is 3.31. The molecule has 2 N–H and O–H groups in total. The number of carbonyl (C=O) groups excluding carboxylic acids is 1. The van der Waals surface area contributed by atoms with Crippen LogP contribution in [0.25, 0.3) is 16.7 Å². The van der Waals surface area contributed by atoms with Gasteiger partial charge in [0.15, 0.2) is 0 Å². The molecular weight excluding hydrogens is 314 g/mol.